The van der Waals surface area contributed by atoms with E-state index in [-0.39, 0.29) is 0 Å². The van der Waals surface area contributed by atoms with Gasteiger partial charge in [0.1, 0.15) is 11.5 Å². The third kappa shape index (κ3) is 4.17. The maximum atomic E-state index is 12.3. The minimum absolute atomic E-state index is 0.508. The van der Waals surface area contributed by atoms with Crippen molar-refractivity contribution < 1.29 is 19.4 Å². The first kappa shape index (κ1) is 17.6. The fourth-order valence-electron chi connectivity index (χ4n) is 2.27. The summed E-state index contributed by atoms with van der Waals surface area (Å²) in [6.45, 7) is 1.72. The maximum Gasteiger partial charge on any atom is 0.255 e. The molecule has 128 valence electrons. The Bertz CT molecular complexity index is 690. The van der Waals surface area contributed by atoms with Crippen LogP contribution in [0.2, 0.25) is 0 Å². The molecule has 0 aliphatic heterocycles. The van der Waals surface area contributed by atoms with Crippen molar-refractivity contribution in [2.75, 3.05) is 24.9 Å². The third-order valence-electron chi connectivity index (χ3n) is 3.60. The van der Waals surface area contributed by atoms with E-state index >= 15 is 0 Å². The van der Waals surface area contributed by atoms with Crippen molar-refractivity contribution in [3.8, 4) is 11.5 Å². The molecule has 0 spiro atoms. The Balaban J connectivity index is 2.04. The minimum atomic E-state index is -1.25. The number of rotatable bonds is 7. The first-order chi connectivity index (χ1) is 11.6. The number of para-hydroxylation sites is 4. The molecule has 0 fully saturated rings. The van der Waals surface area contributed by atoms with Crippen LogP contribution in [0.1, 0.15) is 6.92 Å². The molecule has 0 saturated heterocycles. The summed E-state index contributed by atoms with van der Waals surface area (Å²) in [5.74, 6) is 0.652. The van der Waals surface area contributed by atoms with Crippen molar-refractivity contribution >= 4 is 17.3 Å². The second-order valence-corrected chi connectivity index (χ2v) is 5.27. The SMILES string of the molecule is COc1ccccc1NC(=O)[C@H](O)[C@H](C)Nc1ccccc1OC. The average Bonchev–Trinajstić information content (AvgIpc) is 2.61. The van der Waals surface area contributed by atoms with Crippen LogP contribution in [0, 0.1) is 0 Å². The van der Waals surface area contributed by atoms with Gasteiger partial charge in [-0.05, 0) is 31.2 Å². The van der Waals surface area contributed by atoms with Crippen LogP contribution in [-0.2, 0) is 4.79 Å². The van der Waals surface area contributed by atoms with Gasteiger partial charge in [0.25, 0.3) is 5.91 Å². The highest BCUT2D eigenvalue weighted by molar-refractivity contribution is 5.96. The number of carbonyl (C=O) groups is 1. The number of hydrogen-bond acceptors (Lipinski definition) is 5. The number of nitrogens with one attached hydrogen (secondary N) is 2. The van der Waals surface area contributed by atoms with Crippen molar-refractivity contribution in [2.24, 2.45) is 0 Å². The molecule has 0 bridgehead atoms. The van der Waals surface area contributed by atoms with Gasteiger partial charge < -0.3 is 25.2 Å². The maximum absolute atomic E-state index is 12.3. The first-order valence-corrected chi connectivity index (χ1v) is 7.58. The fraction of sp³-hybridized carbons (Fsp3) is 0.278. The third-order valence-corrected chi connectivity index (χ3v) is 3.60. The molecule has 0 aliphatic rings. The van der Waals surface area contributed by atoms with Gasteiger partial charge in [-0.15, -0.1) is 0 Å². The lowest BCUT2D eigenvalue weighted by Crippen LogP contribution is -2.40. The Labute approximate surface area is 141 Å². The van der Waals surface area contributed by atoms with Crippen molar-refractivity contribution in [1.82, 2.24) is 0 Å². The van der Waals surface area contributed by atoms with Crippen LogP contribution in [0.3, 0.4) is 0 Å². The lowest BCUT2D eigenvalue weighted by atomic mass is 10.1. The second kappa shape index (κ2) is 8.21. The summed E-state index contributed by atoms with van der Waals surface area (Å²) in [6.07, 6.45) is -1.25. The molecule has 0 aromatic heterocycles. The Morgan fingerprint density at radius 1 is 0.958 bits per heavy atom. The van der Waals surface area contributed by atoms with Gasteiger partial charge in [0.15, 0.2) is 6.10 Å². The second-order valence-electron chi connectivity index (χ2n) is 5.27. The van der Waals surface area contributed by atoms with Crippen LogP contribution in [0.25, 0.3) is 0 Å². The van der Waals surface area contributed by atoms with Crippen molar-refractivity contribution in [2.45, 2.75) is 19.1 Å². The van der Waals surface area contributed by atoms with E-state index < -0.39 is 18.1 Å². The molecular formula is C18H22N2O4. The van der Waals surface area contributed by atoms with Crippen LogP contribution < -0.4 is 20.1 Å². The number of methoxy groups -OCH3 is 2. The summed E-state index contributed by atoms with van der Waals surface area (Å²) in [5.41, 5.74) is 1.21. The number of ether oxygens (including phenoxy) is 2. The zero-order chi connectivity index (χ0) is 17.5. The number of aliphatic hydroxyl groups excluding tert-OH is 1. The fourth-order valence-corrected chi connectivity index (χ4v) is 2.27. The quantitative estimate of drug-likeness (QED) is 0.727. The van der Waals surface area contributed by atoms with E-state index in [9.17, 15) is 9.90 Å². The first-order valence-electron chi connectivity index (χ1n) is 7.58. The summed E-state index contributed by atoms with van der Waals surface area (Å²) in [7, 11) is 3.09. The van der Waals surface area contributed by atoms with Crippen molar-refractivity contribution in [1.29, 1.82) is 0 Å². The van der Waals surface area contributed by atoms with Crippen LogP contribution in [0.15, 0.2) is 48.5 Å². The zero-order valence-electron chi connectivity index (χ0n) is 13.9. The largest absolute Gasteiger partial charge is 0.495 e. The monoisotopic (exact) mass is 330 g/mol. The molecule has 1 amide bonds. The highest BCUT2D eigenvalue weighted by Crippen LogP contribution is 2.25. The number of anilines is 2. The lowest BCUT2D eigenvalue weighted by molar-refractivity contribution is -0.124. The standard InChI is InChI=1S/C18H22N2O4/c1-12(19-13-8-4-6-10-15(13)23-2)17(21)18(22)20-14-9-5-7-11-16(14)24-3/h4-12,17,19,21H,1-3H3,(H,20,22)/t12-,17+/m0/s1. The Morgan fingerprint density at radius 3 is 2.04 bits per heavy atom. The predicted molar refractivity (Wildman–Crippen MR) is 93.7 cm³/mol. The molecule has 2 atom stereocenters. The molecule has 0 saturated carbocycles. The van der Waals surface area contributed by atoms with Crippen molar-refractivity contribution in [3.05, 3.63) is 48.5 Å². The summed E-state index contributed by atoms with van der Waals surface area (Å²) >= 11 is 0. The molecule has 2 aromatic carbocycles. The number of benzene rings is 2. The molecule has 6 nitrogen and oxygen atoms in total. The summed E-state index contributed by atoms with van der Waals surface area (Å²) in [6, 6.07) is 13.8. The highest BCUT2D eigenvalue weighted by Gasteiger charge is 2.24. The highest BCUT2D eigenvalue weighted by atomic mass is 16.5. The molecule has 0 aliphatic carbocycles. The number of hydrogen-bond donors (Lipinski definition) is 3. The van der Waals surface area contributed by atoms with Crippen LogP contribution in [0.5, 0.6) is 11.5 Å². The van der Waals surface area contributed by atoms with E-state index in [1.54, 1.807) is 44.4 Å². The molecule has 2 aromatic rings. The molecule has 0 unspecified atom stereocenters. The van der Waals surface area contributed by atoms with Crippen molar-refractivity contribution in [3.63, 3.8) is 0 Å². The smallest absolute Gasteiger partial charge is 0.255 e. The summed E-state index contributed by atoms with van der Waals surface area (Å²) in [4.78, 5) is 12.3. The van der Waals surface area contributed by atoms with Gasteiger partial charge in [-0.1, -0.05) is 24.3 Å². The Hall–Kier alpha value is -2.73. The predicted octanol–water partition coefficient (Wildman–Crippen LogP) is 2.50. The molecule has 0 heterocycles. The van der Waals surface area contributed by atoms with Gasteiger partial charge in [0, 0.05) is 0 Å². The topological polar surface area (TPSA) is 79.8 Å². The van der Waals surface area contributed by atoms with E-state index in [1.807, 2.05) is 18.2 Å². The molecule has 2 rings (SSSR count). The Morgan fingerprint density at radius 2 is 1.46 bits per heavy atom. The van der Waals surface area contributed by atoms with Gasteiger partial charge in [0.2, 0.25) is 0 Å². The molecule has 24 heavy (non-hydrogen) atoms. The average molecular weight is 330 g/mol. The number of amides is 1. The van der Waals surface area contributed by atoms with E-state index in [0.29, 0.717) is 22.9 Å². The summed E-state index contributed by atoms with van der Waals surface area (Å²) in [5, 5.41) is 16.0. The molecule has 0 radical (unpaired) electrons. The molecular weight excluding hydrogens is 308 g/mol. The molecule has 6 heteroatoms. The van der Waals surface area contributed by atoms with Crippen LogP contribution in [-0.4, -0.2) is 37.4 Å². The van der Waals surface area contributed by atoms with Crippen LogP contribution in [0.4, 0.5) is 11.4 Å². The Kier molecular flexibility index (Phi) is 6.03. The van der Waals surface area contributed by atoms with E-state index in [1.165, 1.54) is 7.11 Å². The molecule has 3 N–H and O–H groups in total. The van der Waals surface area contributed by atoms with Gasteiger partial charge >= 0.3 is 0 Å². The van der Waals surface area contributed by atoms with Gasteiger partial charge in [0.05, 0.1) is 31.6 Å². The van der Waals surface area contributed by atoms with Gasteiger partial charge in [-0.25, -0.2) is 0 Å². The van der Waals surface area contributed by atoms with E-state index in [4.69, 9.17) is 9.47 Å². The van der Waals surface area contributed by atoms with E-state index in [2.05, 4.69) is 10.6 Å². The zero-order valence-corrected chi connectivity index (χ0v) is 13.9. The van der Waals surface area contributed by atoms with Gasteiger partial charge in [-0.2, -0.15) is 0 Å². The summed E-state index contributed by atoms with van der Waals surface area (Å²) < 4.78 is 10.4. The number of aliphatic hydroxyl groups is 1. The normalized spacial score (nSPS) is 12.8. The minimum Gasteiger partial charge on any atom is -0.495 e. The lowest BCUT2D eigenvalue weighted by Gasteiger charge is -2.22. The van der Waals surface area contributed by atoms with Gasteiger partial charge in [-0.3, -0.25) is 4.79 Å². The number of carbonyl (C=O) groups excluding carboxylic acids is 1. The van der Waals surface area contributed by atoms with E-state index in [0.717, 1.165) is 0 Å². The van der Waals surface area contributed by atoms with Crippen LogP contribution >= 0.6 is 0 Å².